The molecule has 24 heavy (non-hydrogen) atoms. The Morgan fingerprint density at radius 3 is 1.42 bits per heavy atom. The molecule has 2 rings (SSSR count). The van der Waals surface area contributed by atoms with Gasteiger partial charge in [-0.3, -0.25) is 0 Å². The number of hydrogen-bond donors (Lipinski definition) is 2. The predicted molar refractivity (Wildman–Crippen MR) is 116 cm³/mol. The van der Waals surface area contributed by atoms with E-state index in [0.717, 1.165) is 25.7 Å². The lowest BCUT2D eigenvalue weighted by Gasteiger charge is -2.05. The van der Waals surface area contributed by atoms with Gasteiger partial charge < -0.3 is 11.5 Å². The van der Waals surface area contributed by atoms with E-state index in [1.807, 2.05) is 22.7 Å². The number of thiophene rings is 2. The molecule has 0 aromatic carbocycles. The van der Waals surface area contributed by atoms with Crippen LogP contribution >= 0.6 is 47.5 Å². The molecular formula is C18H30Cl2N2S2. The zero-order valence-corrected chi connectivity index (χ0v) is 18.2. The van der Waals surface area contributed by atoms with Gasteiger partial charge in [-0.15, -0.1) is 47.5 Å². The van der Waals surface area contributed by atoms with Crippen LogP contribution in [-0.2, 0) is 12.8 Å². The number of halogens is 2. The minimum atomic E-state index is 0. The third-order valence-electron chi connectivity index (χ3n) is 4.12. The largest absolute Gasteiger partial charge is 0.327 e. The highest BCUT2D eigenvalue weighted by molar-refractivity contribution is 7.22. The second-order valence-electron chi connectivity index (χ2n) is 6.19. The fourth-order valence-electron chi connectivity index (χ4n) is 2.55. The Morgan fingerprint density at radius 1 is 0.792 bits per heavy atom. The minimum absolute atomic E-state index is 0. The van der Waals surface area contributed by atoms with Gasteiger partial charge >= 0.3 is 0 Å². The van der Waals surface area contributed by atoms with Crippen LogP contribution in [-0.4, -0.2) is 12.1 Å². The summed E-state index contributed by atoms with van der Waals surface area (Å²) in [6.07, 6.45) is 4.03. The maximum absolute atomic E-state index is 6.10. The first-order valence-electron chi connectivity index (χ1n) is 8.14. The summed E-state index contributed by atoms with van der Waals surface area (Å²) < 4.78 is 0. The van der Waals surface area contributed by atoms with Gasteiger partial charge in [0.15, 0.2) is 0 Å². The van der Waals surface area contributed by atoms with E-state index in [2.05, 4.69) is 39.8 Å². The summed E-state index contributed by atoms with van der Waals surface area (Å²) in [5.41, 5.74) is 15.0. The average molecular weight is 409 g/mol. The number of nitrogens with two attached hydrogens (primary N) is 2. The van der Waals surface area contributed by atoms with Gasteiger partial charge in [-0.25, -0.2) is 0 Å². The molecule has 2 aromatic rings. The molecule has 0 amide bonds. The summed E-state index contributed by atoms with van der Waals surface area (Å²) in [7, 11) is 0. The van der Waals surface area contributed by atoms with Gasteiger partial charge in [0.25, 0.3) is 0 Å². The van der Waals surface area contributed by atoms with Crippen molar-refractivity contribution in [3.8, 4) is 9.75 Å². The smallest absolute Gasteiger partial charge is 0.0477 e. The topological polar surface area (TPSA) is 52.0 Å². The van der Waals surface area contributed by atoms with Crippen LogP contribution in [0.4, 0.5) is 0 Å². The summed E-state index contributed by atoms with van der Waals surface area (Å²) >= 11 is 3.82. The third-order valence-corrected chi connectivity index (χ3v) is 6.80. The molecule has 0 aliphatic rings. The van der Waals surface area contributed by atoms with Crippen LogP contribution in [0.2, 0.25) is 0 Å². The molecule has 2 unspecified atom stereocenters. The highest BCUT2D eigenvalue weighted by Crippen LogP contribution is 2.40. The lowest BCUT2D eigenvalue weighted by atomic mass is 10.1. The van der Waals surface area contributed by atoms with Crippen LogP contribution in [0.25, 0.3) is 9.75 Å². The molecule has 4 N–H and O–H groups in total. The van der Waals surface area contributed by atoms with E-state index in [1.54, 1.807) is 0 Å². The van der Waals surface area contributed by atoms with Gasteiger partial charge in [0.2, 0.25) is 0 Å². The van der Waals surface area contributed by atoms with Crippen molar-refractivity contribution in [3.05, 3.63) is 33.0 Å². The van der Waals surface area contributed by atoms with Crippen molar-refractivity contribution in [1.82, 2.24) is 0 Å². The Labute approximate surface area is 166 Å². The Kier molecular flexibility index (Phi) is 10.7. The van der Waals surface area contributed by atoms with Crippen molar-refractivity contribution in [2.75, 3.05) is 0 Å². The average Bonchev–Trinajstić information content (AvgIpc) is 3.01. The maximum Gasteiger partial charge on any atom is 0.0477 e. The van der Waals surface area contributed by atoms with Crippen LogP contribution in [0.15, 0.2) is 12.1 Å². The monoisotopic (exact) mass is 408 g/mol. The van der Waals surface area contributed by atoms with E-state index in [0.29, 0.717) is 0 Å². The summed E-state index contributed by atoms with van der Waals surface area (Å²) in [5, 5.41) is 0. The zero-order chi connectivity index (χ0) is 16.3. The van der Waals surface area contributed by atoms with Crippen LogP contribution in [0.5, 0.6) is 0 Å². The van der Waals surface area contributed by atoms with E-state index in [1.165, 1.54) is 30.6 Å². The van der Waals surface area contributed by atoms with E-state index in [-0.39, 0.29) is 36.9 Å². The Morgan fingerprint density at radius 2 is 1.12 bits per heavy atom. The molecule has 0 radical (unpaired) electrons. The van der Waals surface area contributed by atoms with Crippen LogP contribution < -0.4 is 11.5 Å². The molecule has 0 bridgehead atoms. The lowest BCUT2D eigenvalue weighted by molar-refractivity contribution is 0.652. The highest BCUT2D eigenvalue weighted by Gasteiger charge is 2.15. The van der Waals surface area contributed by atoms with E-state index in [9.17, 15) is 0 Å². The molecule has 2 atom stereocenters. The van der Waals surface area contributed by atoms with Crippen molar-refractivity contribution < 1.29 is 0 Å². The number of hydrogen-bond acceptors (Lipinski definition) is 4. The fraction of sp³-hybridized carbons (Fsp3) is 0.556. The van der Waals surface area contributed by atoms with Crippen molar-refractivity contribution in [2.45, 2.75) is 65.5 Å². The Balaban J connectivity index is 0.00000264. The van der Waals surface area contributed by atoms with Gasteiger partial charge in [0, 0.05) is 31.6 Å². The maximum atomic E-state index is 6.10. The standard InChI is InChI=1S/C18H28N2S2.2ClH/c1-5-13(19)9-15-7-11(3)17(21-15)18-12(4)8-16(22-18)10-14(20)6-2;;/h7-8,13-14H,5-6,9-10,19-20H2,1-4H3;2*1H. The quantitative estimate of drug-likeness (QED) is 0.635. The molecular weight excluding hydrogens is 379 g/mol. The van der Waals surface area contributed by atoms with Crippen molar-refractivity contribution in [3.63, 3.8) is 0 Å². The Bertz CT molecular complexity index is 568. The summed E-state index contributed by atoms with van der Waals surface area (Å²) in [5.74, 6) is 0. The molecule has 0 spiro atoms. The molecule has 2 heterocycles. The van der Waals surface area contributed by atoms with Gasteiger partial charge in [-0.05, 0) is 62.8 Å². The van der Waals surface area contributed by atoms with Crippen molar-refractivity contribution in [1.29, 1.82) is 0 Å². The van der Waals surface area contributed by atoms with Crippen molar-refractivity contribution >= 4 is 47.5 Å². The van der Waals surface area contributed by atoms with Gasteiger partial charge in [0.05, 0.1) is 0 Å². The summed E-state index contributed by atoms with van der Waals surface area (Å²) in [6.45, 7) is 8.73. The van der Waals surface area contributed by atoms with E-state index in [4.69, 9.17) is 11.5 Å². The van der Waals surface area contributed by atoms with E-state index < -0.39 is 0 Å². The second kappa shape index (κ2) is 10.8. The van der Waals surface area contributed by atoms with Gasteiger partial charge in [0.1, 0.15) is 0 Å². The fourth-order valence-corrected chi connectivity index (χ4v) is 5.34. The minimum Gasteiger partial charge on any atom is -0.327 e. The lowest BCUT2D eigenvalue weighted by Crippen LogP contribution is -2.20. The Hall–Kier alpha value is -0.100. The molecule has 0 aliphatic carbocycles. The normalized spacial score (nSPS) is 13.1. The first kappa shape index (κ1) is 23.9. The molecule has 2 aromatic heterocycles. The molecule has 0 aliphatic heterocycles. The molecule has 0 saturated carbocycles. The first-order valence-corrected chi connectivity index (χ1v) is 9.78. The molecule has 0 saturated heterocycles. The molecule has 6 heteroatoms. The first-order chi connectivity index (χ1) is 10.4. The van der Waals surface area contributed by atoms with Gasteiger partial charge in [-0.1, -0.05) is 13.8 Å². The second-order valence-corrected chi connectivity index (χ2v) is 8.47. The van der Waals surface area contributed by atoms with Crippen LogP contribution in [0, 0.1) is 13.8 Å². The van der Waals surface area contributed by atoms with E-state index >= 15 is 0 Å². The zero-order valence-electron chi connectivity index (χ0n) is 14.9. The SMILES string of the molecule is CCC(N)Cc1cc(C)c(-c2sc(CC(N)CC)cc2C)s1.Cl.Cl. The molecule has 138 valence electrons. The van der Waals surface area contributed by atoms with Crippen LogP contribution in [0.3, 0.4) is 0 Å². The predicted octanol–water partition coefficient (Wildman–Crippen LogP) is 5.50. The highest BCUT2D eigenvalue weighted by atomic mass is 35.5. The molecule has 0 fully saturated rings. The summed E-state index contributed by atoms with van der Waals surface area (Å²) in [4.78, 5) is 5.64. The molecule has 2 nitrogen and oxygen atoms in total. The number of rotatable bonds is 7. The third kappa shape index (κ3) is 6.01. The van der Waals surface area contributed by atoms with Crippen LogP contribution in [0.1, 0.15) is 47.6 Å². The van der Waals surface area contributed by atoms with Crippen molar-refractivity contribution in [2.24, 2.45) is 11.5 Å². The van der Waals surface area contributed by atoms with Gasteiger partial charge in [-0.2, -0.15) is 0 Å². The summed E-state index contributed by atoms with van der Waals surface area (Å²) in [6, 6.07) is 5.17. The number of aryl methyl sites for hydroxylation is 2.